The predicted molar refractivity (Wildman–Crippen MR) is 53.7 cm³/mol. The zero-order chi connectivity index (χ0) is 9.97. The lowest BCUT2D eigenvalue weighted by Gasteiger charge is -2.12. The van der Waals surface area contributed by atoms with Crippen LogP contribution >= 0.6 is 0 Å². The Morgan fingerprint density at radius 1 is 1.57 bits per heavy atom. The molecule has 2 atom stereocenters. The summed E-state index contributed by atoms with van der Waals surface area (Å²) in [7, 11) is 0. The van der Waals surface area contributed by atoms with E-state index in [1.54, 1.807) is 0 Å². The van der Waals surface area contributed by atoms with Crippen molar-refractivity contribution in [2.24, 2.45) is 5.92 Å². The van der Waals surface area contributed by atoms with Crippen molar-refractivity contribution in [3.05, 3.63) is 29.6 Å². The van der Waals surface area contributed by atoms with Crippen LogP contribution in [0, 0.1) is 24.2 Å². The molecule has 1 aromatic rings. The molecular formula is C11H13N3. The van der Waals surface area contributed by atoms with E-state index in [1.165, 1.54) is 5.56 Å². The molecule has 0 amide bonds. The molecule has 1 saturated heterocycles. The Hall–Kier alpha value is -1.40. The number of pyridine rings is 1. The van der Waals surface area contributed by atoms with E-state index in [0.717, 1.165) is 18.8 Å². The Morgan fingerprint density at radius 3 is 3.14 bits per heavy atom. The SMILES string of the molecule is Cc1cc(C2CNCC2C#N)ccn1. The minimum Gasteiger partial charge on any atom is -0.315 e. The summed E-state index contributed by atoms with van der Waals surface area (Å²) in [5.74, 6) is 0.443. The van der Waals surface area contributed by atoms with E-state index in [0.29, 0.717) is 5.92 Å². The fourth-order valence-corrected chi connectivity index (χ4v) is 1.96. The van der Waals surface area contributed by atoms with Crippen LogP contribution in [0.1, 0.15) is 17.2 Å². The molecule has 2 rings (SSSR count). The van der Waals surface area contributed by atoms with Gasteiger partial charge in [0.15, 0.2) is 0 Å². The van der Waals surface area contributed by atoms with Crippen molar-refractivity contribution in [2.75, 3.05) is 13.1 Å². The van der Waals surface area contributed by atoms with Crippen molar-refractivity contribution in [3.63, 3.8) is 0 Å². The van der Waals surface area contributed by atoms with Gasteiger partial charge in [0.25, 0.3) is 0 Å². The average molecular weight is 187 g/mol. The predicted octanol–water partition coefficient (Wildman–Crippen LogP) is 1.22. The molecule has 1 fully saturated rings. The number of hydrogen-bond donors (Lipinski definition) is 1. The zero-order valence-electron chi connectivity index (χ0n) is 8.20. The van der Waals surface area contributed by atoms with E-state index in [4.69, 9.17) is 5.26 Å². The Balaban J connectivity index is 2.27. The van der Waals surface area contributed by atoms with Crippen molar-refractivity contribution in [3.8, 4) is 6.07 Å². The van der Waals surface area contributed by atoms with Crippen LogP contribution in [-0.4, -0.2) is 18.1 Å². The van der Waals surface area contributed by atoms with E-state index >= 15 is 0 Å². The minimum atomic E-state index is 0.108. The first kappa shape index (κ1) is 9.17. The van der Waals surface area contributed by atoms with Crippen LogP contribution in [0.4, 0.5) is 0 Å². The smallest absolute Gasteiger partial charge is 0.0676 e. The normalized spacial score (nSPS) is 26.0. The number of nitriles is 1. The van der Waals surface area contributed by atoms with Crippen LogP contribution in [0.5, 0.6) is 0 Å². The van der Waals surface area contributed by atoms with Crippen LogP contribution in [0.2, 0.25) is 0 Å². The van der Waals surface area contributed by atoms with Gasteiger partial charge in [-0.2, -0.15) is 5.26 Å². The summed E-state index contributed by atoms with van der Waals surface area (Å²) in [4.78, 5) is 4.16. The number of nitrogens with one attached hydrogen (secondary N) is 1. The fraction of sp³-hybridized carbons (Fsp3) is 0.455. The van der Waals surface area contributed by atoms with E-state index in [1.807, 2.05) is 19.2 Å². The number of aryl methyl sites for hydroxylation is 1. The lowest BCUT2D eigenvalue weighted by molar-refractivity contribution is 0.645. The third-order valence-electron chi connectivity index (χ3n) is 2.73. The van der Waals surface area contributed by atoms with Gasteiger partial charge in [-0.15, -0.1) is 0 Å². The summed E-state index contributed by atoms with van der Waals surface area (Å²) < 4.78 is 0. The largest absolute Gasteiger partial charge is 0.315 e. The highest BCUT2D eigenvalue weighted by Crippen LogP contribution is 2.27. The summed E-state index contributed by atoms with van der Waals surface area (Å²) in [6.07, 6.45) is 1.82. The van der Waals surface area contributed by atoms with Gasteiger partial charge < -0.3 is 5.32 Å². The molecule has 1 aliphatic rings. The number of nitrogens with zero attached hydrogens (tertiary/aromatic N) is 2. The molecule has 0 radical (unpaired) electrons. The Labute approximate surface area is 83.8 Å². The molecule has 2 heterocycles. The highest BCUT2D eigenvalue weighted by atomic mass is 14.9. The van der Waals surface area contributed by atoms with E-state index in [2.05, 4.69) is 22.4 Å². The van der Waals surface area contributed by atoms with Crippen LogP contribution in [0.3, 0.4) is 0 Å². The first-order chi connectivity index (χ1) is 6.81. The molecule has 1 aliphatic heterocycles. The van der Waals surface area contributed by atoms with Crippen LogP contribution in [-0.2, 0) is 0 Å². The standard InChI is InChI=1S/C11H13N3/c1-8-4-9(2-3-14-8)11-7-13-6-10(11)5-12/h2-4,10-11,13H,6-7H2,1H3. The highest BCUT2D eigenvalue weighted by Gasteiger charge is 2.28. The molecule has 3 nitrogen and oxygen atoms in total. The summed E-state index contributed by atoms with van der Waals surface area (Å²) in [6, 6.07) is 6.43. The topological polar surface area (TPSA) is 48.7 Å². The number of rotatable bonds is 1. The van der Waals surface area contributed by atoms with Crippen molar-refractivity contribution < 1.29 is 0 Å². The van der Waals surface area contributed by atoms with Gasteiger partial charge in [-0.3, -0.25) is 4.98 Å². The number of hydrogen-bond acceptors (Lipinski definition) is 3. The van der Waals surface area contributed by atoms with E-state index in [-0.39, 0.29) is 5.92 Å². The van der Waals surface area contributed by atoms with Crippen LogP contribution in [0.25, 0.3) is 0 Å². The first-order valence-electron chi connectivity index (χ1n) is 4.84. The third kappa shape index (κ3) is 1.61. The van der Waals surface area contributed by atoms with Crippen LogP contribution < -0.4 is 5.32 Å². The third-order valence-corrected chi connectivity index (χ3v) is 2.73. The zero-order valence-corrected chi connectivity index (χ0v) is 8.20. The van der Waals surface area contributed by atoms with E-state index in [9.17, 15) is 0 Å². The summed E-state index contributed by atoms with van der Waals surface area (Å²) >= 11 is 0. The molecule has 72 valence electrons. The van der Waals surface area contributed by atoms with Gasteiger partial charge in [0.05, 0.1) is 12.0 Å². The van der Waals surface area contributed by atoms with Gasteiger partial charge >= 0.3 is 0 Å². The molecular weight excluding hydrogens is 174 g/mol. The quantitative estimate of drug-likeness (QED) is 0.719. The Bertz CT molecular complexity index is 367. The van der Waals surface area contributed by atoms with Gasteiger partial charge in [0.1, 0.15) is 0 Å². The lowest BCUT2D eigenvalue weighted by atomic mass is 9.90. The van der Waals surface area contributed by atoms with Crippen molar-refractivity contribution >= 4 is 0 Å². The molecule has 1 N–H and O–H groups in total. The van der Waals surface area contributed by atoms with Gasteiger partial charge in [-0.05, 0) is 24.6 Å². The minimum absolute atomic E-state index is 0.108. The average Bonchev–Trinajstić information content (AvgIpc) is 2.65. The molecule has 0 saturated carbocycles. The molecule has 2 unspecified atom stereocenters. The molecule has 3 heteroatoms. The molecule has 14 heavy (non-hydrogen) atoms. The second kappa shape index (κ2) is 3.77. The molecule has 0 aliphatic carbocycles. The summed E-state index contributed by atoms with van der Waals surface area (Å²) in [5.41, 5.74) is 2.25. The molecule has 0 aromatic carbocycles. The lowest BCUT2D eigenvalue weighted by Crippen LogP contribution is -2.08. The van der Waals surface area contributed by atoms with Gasteiger partial charge in [-0.1, -0.05) is 0 Å². The maximum Gasteiger partial charge on any atom is 0.0676 e. The highest BCUT2D eigenvalue weighted by molar-refractivity contribution is 5.24. The maximum absolute atomic E-state index is 8.96. The fourth-order valence-electron chi connectivity index (χ4n) is 1.96. The monoisotopic (exact) mass is 187 g/mol. The van der Waals surface area contributed by atoms with Crippen LogP contribution in [0.15, 0.2) is 18.3 Å². The van der Waals surface area contributed by atoms with E-state index < -0.39 is 0 Å². The van der Waals surface area contributed by atoms with Crippen molar-refractivity contribution in [2.45, 2.75) is 12.8 Å². The number of aromatic nitrogens is 1. The maximum atomic E-state index is 8.96. The molecule has 0 spiro atoms. The van der Waals surface area contributed by atoms with Gasteiger partial charge in [-0.25, -0.2) is 0 Å². The second-order valence-corrected chi connectivity index (χ2v) is 3.73. The summed E-state index contributed by atoms with van der Waals surface area (Å²) in [6.45, 7) is 3.69. The molecule has 0 bridgehead atoms. The Morgan fingerprint density at radius 2 is 2.43 bits per heavy atom. The van der Waals surface area contributed by atoms with Crippen molar-refractivity contribution in [1.82, 2.24) is 10.3 Å². The Kier molecular flexibility index (Phi) is 2.47. The summed E-state index contributed by atoms with van der Waals surface area (Å²) in [5, 5.41) is 12.2. The first-order valence-corrected chi connectivity index (χ1v) is 4.84. The van der Waals surface area contributed by atoms with Gasteiger partial charge in [0, 0.05) is 30.9 Å². The molecule has 1 aromatic heterocycles. The second-order valence-electron chi connectivity index (χ2n) is 3.73. The van der Waals surface area contributed by atoms with Gasteiger partial charge in [0.2, 0.25) is 0 Å². The van der Waals surface area contributed by atoms with Crippen molar-refractivity contribution in [1.29, 1.82) is 5.26 Å².